The zero-order valence-electron chi connectivity index (χ0n) is 10.5. The van der Waals surface area contributed by atoms with Gasteiger partial charge in [-0.15, -0.1) is 0 Å². The molecular weight excluding hydrogens is 273 g/mol. The van der Waals surface area contributed by atoms with Crippen molar-refractivity contribution in [2.45, 2.75) is 19.3 Å². The topological polar surface area (TPSA) is 47.2 Å². The third-order valence-corrected chi connectivity index (χ3v) is 2.72. The Balaban J connectivity index is 1.93. The number of nitrogens with zero attached hydrogens (tertiary/aromatic N) is 1. The van der Waals surface area contributed by atoms with Crippen molar-refractivity contribution in [3.05, 3.63) is 58.4 Å². The zero-order chi connectivity index (χ0) is 14.6. The molecule has 2 aromatic heterocycles. The molecule has 0 aliphatic heterocycles. The number of aromatic nitrogens is 1. The lowest BCUT2D eigenvalue weighted by Crippen LogP contribution is -2.27. The van der Waals surface area contributed by atoms with Crippen LogP contribution in [0.4, 0.5) is 13.2 Å². The van der Waals surface area contributed by atoms with Crippen molar-refractivity contribution in [1.82, 2.24) is 9.88 Å². The lowest BCUT2D eigenvalue weighted by atomic mass is 10.3. The van der Waals surface area contributed by atoms with Crippen LogP contribution in [0.3, 0.4) is 0 Å². The Morgan fingerprint density at radius 2 is 2.05 bits per heavy atom. The van der Waals surface area contributed by atoms with E-state index in [1.807, 2.05) is 0 Å². The van der Waals surface area contributed by atoms with Gasteiger partial charge in [-0.05, 0) is 18.2 Å². The molecule has 0 aromatic carbocycles. The van der Waals surface area contributed by atoms with Gasteiger partial charge in [-0.2, -0.15) is 13.2 Å². The zero-order valence-corrected chi connectivity index (χ0v) is 10.5. The van der Waals surface area contributed by atoms with Gasteiger partial charge in [0.1, 0.15) is 5.76 Å². The highest BCUT2D eigenvalue weighted by Crippen LogP contribution is 2.27. The van der Waals surface area contributed by atoms with Crippen LogP contribution in [-0.2, 0) is 19.3 Å². The number of nitrogens with one attached hydrogen (secondary N) is 1. The molecule has 1 N–H and O–H groups in total. The van der Waals surface area contributed by atoms with Crippen molar-refractivity contribution in [2.24, 2.45) is 0 Å². The number of rotatable bonds is 5. The van der Waals surface area contributed by atoms with Gasteiger partial charge in [0, 0.05) is 25.4 Å². The molecule has 2 aromatic rings. The highest BCUT2D eigenvalue weighted by atomic mass is 19.4. The first-order chi connectivity index (χ1) is 9.47. The van der Waals surface area contributed by atoms with Gasteiger partial charge in [-0.1, -0.05) is 0 Å². The van der Waals surface area contributed by atoms with Gasteiger partial charge in [0.15, 0.2) is 0 Å². The molecule has 0 fully saturated rings. The first-order valence-corrected chi connectivity index (χ1v) is 5.97. The van der Waals surface area contributed by atoms with E-state index in [2.05, 4.69) is 5.32 Å². The maximum atomic E-state index is 12.5. The maximum Gasteiger partial charge on any atom is 0.417 e. The average Bonchev–Trinajstić information content (AvgIpc) is 2.88. The van der Waals surface area contributed by atoms with Crippen LogP contribution in [0.5, 0.6) is 0 Å². The average molecular weight is 286 g/mol. The second kappa shape index (κ2) is 5.96. The first kappa shape index (κ1) is 14.4. The van der Waals surface area contributed by atoms with E-state index in [1.165, 1.54) is 6.26 Å². The summed E-state index contributed by atoms with van der Waals surface area (Å²) >= 11 is 0. The fourth-order valence-electron chi connectivity index (χ4n) is 1.70. The minimum atomic E-state index is -4.45. The molecular formula is C13H13F3N2O2. The second-order valence-electron chi connectivity index (χ2n) is 4.20. The lowest BCUT2D eigenvalue weighted by molar-refractivity contribution is -0.138. The van der Waals surface area contributed by atoms with E-state index in [4.69, 9.17) is 4.42 Å². The van der Waals surface area contributed by atoms with Crippen LogP contribution < -0.4 is 10.9 Å². The van der Waals surface area contributed by atoms with Gasteiger partial charge in [0.05, 0.1) is 18.4 Å². The smallest absolute Gasteiger partial charge is 0.417 e. The van der Waals surface area contributed by atoms with E-state index in [0.717, 1.165) is 28.7 Å². The molecule has 2 heterocycles. The number of furan rings is 1. The van der Waals surface area contributed by atoms with Gasteiger partial charge in [0.25, 0.3) is 5.56 Å². The molecule has 0 atom stereocenters. The maximum absolute atomic E-state index is 12.5. The van der Waals surface area contributed by atoms with Crippen molar-refractivity contribution in [3.8, 4) is 0 Å². The Labute approximate surface area is 112 Å². The third kappa shape index (κ3) is 3.74. The van der Waals surface area contributed by atoms with Gasteiger partial charge in [-0.25, -0.2) is 0 Å². The highest BCUT2D eigenvalue weighted by Gasteiger charge is 2.30. The summed E-state index contributed by atoms with van der Waals surface area (Å²) in [6.45, 7) is 0.978. The Hall–Kier alpha value is -2.02. The summed E-state index contributed by atoms with van der Waals surface area (Å²) in [6, 6.07) is 5.24. The first-order valence-electron chi connectivity index (χ1n) is 5.97. The predicted molar refractivity (Wildman–Crippen MR) is 66.1 cm³/mol. The summed E-state index contributed by atoms with van der Waals surface area (Å²) in [7, 11) is 0. The molecule has 0 saturated heterocycles. The largest absolute Gasteiger partial charge is 0.468 e. The SMILES string of the molecule is O=c1ccc(C(F)(F)F)cn1CCNCc1ccco1. The van der Waals surface area contributed by atoms with Crippen molar-refractivity contribution in [3.63, 3.8) is 0 Å². The van der Waals surface area contributed by atoms with E-state index in [1.54, 1.807) is 12.1 Å². The van der Waals surface area contributed by atoms with E-state index < -0.39 is 17.3 Å². The van der Waals surface area contributed by atoms with Crippen LogP contribution in [0, 0.1) is 0 Å². The molecule has 0 bridgehead atoms. The number of alkyl halides is 3. The molecule has 108 valence electrons. The molecule has 2 rings (SSSR count). The molecule has 0 amide bonds. The Morgan fingerprint density at radius 1 is 1.25 bits per heavy atom. The molecule has 7 heteroatoms. The molecule has 4 nitrogen and oxygen atoms in total. The minimum absolute atomic E-state index is 0.156. The summed E-state index contributed by atoms with van der Waals surface area (Å²) < 4.78 is 43.7. The van der Waals surface area contributed by atoms with Gasteiger partial charge < -0.3 is 14.3 Å². The monoisotopic (exact) mass is 286 g/mol. The van der Waals surface area contributed by atoms with E-state index in [-0.39, 0.29) is 6.54 Å². The summed E-state index contributed by atoms with van der Waals surface area (Å²) in [5.41, 5.74) is -1.29. The van der Waals surface area contributed by atoms with Crippen molar-refractivity contribution >= 4 is 0 Å². The lowest BCUT2D eigenvalue weighted by Gasteiger charge is -2.10. The second-order valence-corrected chi connectivity index (χ2v) is 4.20. The Kier molecular flexibility index (Phi) is 4.29. The van der Waals surface area contributed by atoms with Crippen LogP contribution in [0.15, 0.2) is 45.9 Å². The van der Waals surface area contributed by atoms with E-state index in [9.17, 15) is 18.0 Å². The van der Waals surface area contributed by atoms with Crippen LogP contribution in [0.2, 0.25) is 0 Å². The fraction of sp³-hybridized carbons (Fsp3) is 0.308. The van der Waals surface area contributed by atoms with Gasteiger partial charge >= 0.3 is 6.18 Å². The predicted octanol–water partition coefficient (Wildman–Crippen LogP) is 2.25. The molecule has 0 spiro atoms. The summed E-state index contributed by atoms with van der Waals surface area (Å²) in [4.78, 5) is 11.5. The van der Waals surface area contributed by atoms with Crippen LogP contribution >= 0.6 is 0 Å². The minimum Gasteiger partial charge on any atom is -0.468 e. The quantitative estimate of drug-likeness (QED) is 0.858. The number of hydrogen-bond acceptors (Lipinski definition) is 3. The third-order valence-electron chi connectivity index (χ3n) is 2.72. The van der Waals surface area contributed by atoms with Crippen molar-refractivity contribution < 1.29 is 17.6 Å². The molecule has 0 aliphatic rings. The summed E-state index contributed by atoms with van der Waals surface area (Å²) in [5, 5.41) is 2.99. The number of pyridine rings is 1. The fourth-order valence-corrected chi connectivity index (χ4v) is 1.70. The van der Waals surface area contributed by atoms with Gasteiger partial charge in [0.2, 0.25) is 0 Å². The summed E-state index contributed by atoms with van der Waals surface area (Å²) in [6.07, 6.45) is -2.08. The molecule has 0 aliphatic carbocycles. The Morgan fingerprint density at radius 3 is 2.70 bits per heavy atom. The summed E-state index contributed by atoms with van der Waals surface area (Å²) in [5.74, 6) is 0.724. The highest BCUT2D eigenvalue weighted by molar-refractivity contribution is 5.13. The normalized spacial score (nSPS) is 11.8. The molecule has 20 heavy (non-hydrogen) atoms. The van der Waals surface area contributed by atoms with Crippen LogP contribution in [-0.4, -0.2) is 11.1 Å². The molecule has 0 unspecified atom stereocenters. The Bertz CT molecular complexity index is 603. The number of hydrogen-bond donors (Lipinski definition) is 1. The van der Waals surface area contributed by atoms with Crippen LogP contribution in [0.1, 0.15) is 11.3 Å². The van der Waals surface area contributed by atoms with Crippen molar-refractivity contribution in [1.29, 1.82) is 0 Å². The molecule has 0 saturated carbocycles. The van der Waals surface area contributed by atoms with Crippen LogP contribution in [0.25, 0.3) is 0 Å². The van der Waals surface area contributed by atoms with E-state index >= 15 is 0 Å². The number of halogens is 3. The van der Waals surface area contributed by atoms with Gasteiger partial charge in [-0.3, -0.25) is 4.79 Å². The standard InChI is InChI=1S/C13H13F3N2O2/c14-13(15,16)10-3-4-12(19)18(9-10)6-5-17-8-11-2-1-7-20-11/h1-4,7,9,17H,5-6,8H2. The van der Waals surface area contributed by atoms with Crippen molar-refractivity contribution in [2.75, 3.05) is 6.54 Å². The molecule has 0 radical (unpaired) electrons. The van der Waals surface area contributed by atoms with E-state index in [0.29, 0.717) is 13.1 Å².